The zero-order valence-electron chi connectivity index (χ0n) is 11.0. The first-order chi connectivity index (χ1) is 10.2. The summed E-state index contributed by atoms with van der Waals surface area (Å²) in [5, 5.41) is 12.8. The fourth-order valence-corrected chi connectivity index (χ4v) is 2.68. The van der Waals surface area contributed by atoms with Crippen LogP contribution in [0.1, 0.15) is 16.1 Å². The summed E-state index contributed by atoms with van der Waals surface area (Å²) in [5.41, 5.74) is 1.80. The maximum atomic E-state index is 12.0. The van der Waals surface area contributed by atoms with Crippen molar-refractivity contribution < 1.29 is 14.3 Å². The van der Waals surface area contributed by atoms with Gasteiger partial charge in [0, 0.05) is 11.3 Å². The van der Waals surface area contributed by atoms with Gasteiger partial charge >= 0.3 is 5.97 Å². The Morgan fingerprint density at radius 3 is 3.14 bits per heavy atom. The predicted molar refractivity (Wildman–Crippen MR) is 76.2 cm³/mol. The number of hydrogen-bond donors (Lipinski definition) is 2. The van der Waals surface area contributed by atoms with Crippen LogP contribution in [0.3, 0.4) is 0 Å². The van der Waals surface area contributed by atoms with Crippen LogP contribution in [0.25, 0.3) is 0 Å². The number of nitrogens with zero attached hydrogens (tertiary/aromatic N) is 2. The van der Waals surface area contributed by atoms with Crippen LogP contribution in [0.4, 0.5) is 5.69 Å². The van der Waals surface area contributed by atoms with Crippen molar-refractivity contribution in [3.05, 3.63) is 35.7 Å². The zero-order chi connectivity index (χ0) is 14.7. The SMILES string of the molecule is O=C1CSc2ccc(C(=O)OCCc3cn[nH]n3)cc2N1. The number of H-pyrrole nitrogens is 1. The predicted octanol–water partition coefficient (Wildman–Crippen LogP) is 1.25. The molecule has 2 heterocycles. The second-order valence-electron chi connectivity index (χ2n) is 4.40. The normalized spacial score (nSPS) is 13.4. The first-order valence-electron chi connectivity index (χ1n) is 6.31. The van der Waals surface area contributed by atoms with E-state index in [0.717, 1.165) is 10.6 Å². The minimum Gasteiger partial charge on any atom is -0.462 e. The quantitative estimate of drug-likeness (QED) is 0.825. The molecule has 7 nitrogen and oxygen atoms in total. The number of fused-ring (bicyclic) bond motifs is 1. The number of nitrogens with one attached hydrogen (secondary N) is 2. The van der Waals surface area contributed by atoms with Crippen molar-refractivity contribution in [3.8, 4) is 0 Å². The number of benzene rings is 1. The number of hydrogen-bond acceptors (Lipinski definition) is 6. The molecule has 21 heavy (non-hydrogen) atoms. The number of ether oxygens (including phenoxy) is 1. The molecule has 0 fully saturated rings. The molecule has 0 bridgehead atoms. The lowest BCUT2D eigenvalue weighted by Gasteiger charge is -2.16. The molecule has 0 saturated carbocycles. The Kier molecular flexibility index (Phi) is 3.87. The Morgan fingerprint density at radius 1 is 1.43 bits per heavy atom. The number of amides is 1. The molecule has 0 unspecified atom stereocenters. The van der Waals surface area contributed by atoms with Crippen molar-refractivity contribution >= 4 is 29.3 Å². The number of aromatic nitrogens is 3. The van der Waals surface area contributed by atoms with Gasteiger partial charge < -0.3 is 10.1 Å². The van der Waals surface area contributed by atoms with Crippen molar-refractivity contribution in [3.63, 3.8) is 0 Å². The summed E-state index contributed by atoms with van der Waals surface area (Å²) in [5.74, 6) is -0.0933. The van der Waals surface area contributed by atoms with Gasteiger partial charge in [-0.05, 0) is 18.2 Å². The first kappa shape index (κ1) is 13.6. The Bertz CT molecular complexity index is 672. The Hall–Kier alpha value is -2.35. The lowest BCUT2D eigenvalue weighted by Crippen LogP contribution is -2.19. The van der Waals surface area contributed by atoms with E-state index < -0.39 is 5.97 Å². The van der Waals surface area contributed by atoms with Crippen LogP contribution < -0.4 is 5.32 Å². The van der Waals surface area contributed by atoms with Crippen molar-refractivity contribution in [1.82, 2.24) is 15.4 Å². The van der Waals surface area contributed by atoms with Crippen molar-refractivity contribution in [1.29, 1.82) is 0 Å². The van der Waals surface area contributed by atoms with E-state index >= 15 is 0 Å². The molecule has 2 aromatic rings. The highest BCUT2D eigenvalue weighted by Crippen LogP contribution is 2.32. The maximum absolute atomic E-state index is 12.0. The molecule has 108 valence electrons. The van der Waals surface area contributed by atoms with Gasteiger partial charge in [0.1, 0.15) is 0 Å². The highest BCUT2D eigenvalue weighted by molar-refractivity contribution is 8.00. The molecular weight excluding hydrogens is 292 g/mol. The molecule has 0 spiro atoms. The summed E-state index contributed by atoms with van der Waals surface area (Å²) in [6.07, 6.45) is 2.08. The van der Waals surface area contributed by atoms with Crippen molar-refractivity contribution in [2.75, 3.05) is 17.7 Å². The Morgan fingerprint density at radius 2 is 2.33 bits per heavy atom. The lowest BCUT2D eigenvalue weighted by atomic mass is 10.2. The van der Waals surface area contributed by atoms with Crippen molar-refractivity contribution in [2.24, 2.45) is 0 Å². The third kappa shape index (κ3) is 3.22. The smallest absolute Gasteiger partial charge is 0.338 e. The molecule has 1 amide bonds. The topological polar surface area (TPSA) is 97.0 Å². The van der Waals surface area contributed by atoms with Crippen LogP contribution in [0.5, 0.6) is 0 Å². The number of thioether (sulfide) groups is 1. The van der Waals surface area contributed by atoms with Crippen molar-refractivity contribution in [2.45, 2.75) is 11.3 Å². The fourth-order valence-electron chi connectivity index (χ4n) is 1.89. The van der Waals surface area contributed by atoms with Crippen LogP contribution in [0.15, 0.2) is 29.3 Å². The zero-order valence-corrected chi connectivity index (χ0v) is 11.8. The third-order valence-corrected chi connectivity index (χ3v) is 3.98. The van der Waals surface area contributed by atoms with Gasteiger partial charge in [-0.15, -0.1) is 11.8 Å². The second-order valence-corrected chi connectivity index (χ2v) is 5.41. The number of carbonyl (C=O) groups excluding carboxylic acids is 2. The molecule has 1 aliphatic heterocycles. The van der Waals surface area contributed by atoms with Gasteiger partial charge in [-0.2, -0.15) is 15.4 Å². The van der Waals surface area contributed by atoms with E-state index in [1.807, 2.05) is 6.07 Å². The molecule has 1 aromatic carbocycles. The summed E-state index contributed by atoms with van der Waals surface area (Å²) in [7, 11) is 0. The van der Waals surface area contributed by atoms with Crippen LogP contribution in [0.2, 0.25) is 0 Å². The largest absolute Gasteiger partial charge is 0.462 e. The summed E-state index contributed by atoms with van der Waals surface area (Å²) in [6.45, 7) is 0.226. The summed E-state index contributed by atoms with van der Waals surface area (Å²) in [4.78, 5) is 24.3. The van der Waals surface area contributed by atoms with E-state index in [-0.39, 0.29) is 12.5 Å². The minimum atomic E-state index is -0.425. The molecule has 8 heteroatoms. The van der Waals surface area contributed by atoms with Gasteiger partial charge in [0.2, 0.25) is 5.91 Å². The standard InChI is InChI=1S/C13H12N4O3S/c18-12-7-21-11-2-1-8(5-10(11)15-12)13(19)20-4-3-9-6-14-17-16-9/h1-2,5-6H,3-4,7H2,(H,15,18)(H,14,16,17). The van der Waals surface area contributed by atoms with Gasteiger partial charge in [0.15, 0.2) is 0 Å². The van der Waals surface area contributed by atoms with E-state index in [1.165, 1.54) is 11.8 Å². The molecule has 1 aromatic heterocycles. The summed E-state index contributed by atoms with van der Waals surface area (Å²) in [6, 6.07) is 5.15. The van der Waals surface area contributed by atoms with E-state index in [1.54, 1.807) is 18.3 Å². The van der Waals surface area contributed by atoms with E-state index in [9.17, 15) is 9.59 Å². The van der Waals surface area contributed by atoms with Gasteiger partial charge in [0.25, 0.3) is 0 Å². The number of carbonyl (C=O) groups is 2. The van der Waals surface area contributed by atoms with E-state index in [4.69, 9.17) is 4.74 Å². The second kappa shape index (κ2) is 5.96. The van der Waals surface area contributed by atoms with Crippen LogP contribution in [-0.4, -0.2) is 39.6 Å². The maximum Gasteiger partial charge on any atom is 0.338 e. The van der Waals surface area contributed by atoms with Gasteiger partial charge in [0.05, 0.1) is 35.5 Å². The highest BCUT2D eigenvalue weighted by atomic mass is 32.2. The molecular formula is C13H12N4O3S. The van der Waals surface area contributed by atoms with Gasteiger partial charge in [-0.1, -0.05) is 0 Å². The molecule has 2 N–H and O–H groups in total. The average Bonchev–Trinajstić information content (AvgIpc) is 2.99. The highest BCUT2D eigenvalue weighted by Gasteiger charge is 2.17. The molecule has 1 aliphatic rings. The summed E-state index contributed by atoms with van der Waals surface area (Å²) < 4.78 is 5.18. The third-order valence-electron chi connectivity index (χ3n) is 2.90. The van der Waals surface area contributed by atoms with Crippen LogP contribution in [0, 0.1) is 0 Å². The molecule has 0 radical (unpaired) electrons. The number of anilines is 1. The molecule has 0 aliphatic carbocycles. The molecule has 3 rings (SSSR count). The lowest BCUT2D eigenvalue weighted by molar-refractivity contribution is -0.113. The molecule has 0 saturated heterocycles. The first-order valence-corrected chi connectivity index (χ1v) is 7.29. The van der Waals surface area contributed by atoms with Gasteiger partial charge in [-0.3, -0.25) is 4.79 Å². The van der Waals surface area contributed by atoms with Crippen LogP contribution >= 0.6 is 11.8 Å². The van der Waals surface area contributed by atoms with E-state index in [0.29, 0.717) is 23.4 Å². The fraction of sp³-hybridized carbons (Fsp3) is 0.231. The Balaban J connectivity index is 1.62. The summed E-state index contributed by atoms with van der Waals surface area (Å²) >= 11 is 1.45. The number of rotatable bonds is 4. The molecule has 0 atom stereocenters. The van der Waals surface area contributed by atoms with Gasteiger partial charge in [-0.25, -0.2) is 4.79 Å². The number of aromatic amines is 1. The van der Waals surface area contributed by atoms with E-state index in [2.05, 4.69) is 20.7 Å². The monoisotopic (exact) mass is 304 g/mol. The average molecular weight is 304 g/mol. The number of esters is 1. The Labute approximate surface area is 124 Å². The van der Waals surface area contributed by atoms with Crippen LogP contribution in [-0.2, 0) is 16.0 Å². The minimum absolute atomic E-state index is 0.0657.